The zero-order valence-electron chi connectivity index (χ0n) is 13.8. The fourth-order valence-electron chi connectivity index (χ4n) is 2.73. The van der Waals surface area contributed by atoms with Crippen LogP contribution in [-0.2, 0) is 18.0 Å². The van der Waals surface area contributed by atoms with E-state index in [1.165, 1.54) is 0 Å². The van der Waals surface area contributed by atoms with E-state index in [1.54, 1.807) is 17.9 Å². The lowest BCUT2D eigenvalue weighted by Crippen LogP contribution is -2.16. The molecule has 24 heavy (non-hydrogen) atoms. The molecule has 0 aliphatic heterocycles. The molecule has 0 amide bonds. The van der Waals surface area contributed by atoms with Gasteiger partial charge < -0.3 is 14.8 Å². The molecule has 0 fully saturated rings. The topological polar surface area (TPSA) is 82.6 Å². The SMILES string of the molecule is Cc1ccc2c(=O)n(C)cc(-c3cccc(NS(C)=O)c3)c2c1.O. The first kappa shape index (κ1) is 17.9. The van der Waals surface area contributed by atoms with E-state index in [2.05, 4.69) is 4.72 Å². The number of pyridine rings is 1. The number of aryl methyl sites for hydroxylation is 2. The predicted octanol–water partition coefficient (Wildman–Crippen LogP) is 2.39. The number of anilines is 1. The summed E-state index contributed by atoms with van der Waals surface area (Å²) in [7, 11) is 0.633. The molecule has 1 atom stereocenters. The van der Waals surface area contributed by atoms with E-state index in [0.29, 0.717) is 5.39 Å². The summed E-state index contributed by atoms with van der Waals surface area (Å²) in [6.45, 7) is 2.01. The Labute approximate surface area is 142 Å². The van der Waals surface area contributed by atoms with Crippen LogP contribution in [-0.4, -0.2) is 20.5 Å². The van der Waals surface area contributed by atoms with Crippen LogP contribution < -0.4 is 10.3 Å². The average molecular weight is 344 g/mol. The highest BCUT2D eigenvalue weighted by atomic mass is 32.2. The molecule has 0 saturated carbocycles. The number of nitrogens with one attached hydrogen (secondary N) is 1. The molecule has 3 N–H and O–H groups in total. The van der Waals surface area contributed by atoms with Crippen molar-refractivity contribution in [3.8, 4) is 11.1 Å². The van der Waals surface area contributed by atoms with E-state index in [4.69, 9.17) is 0 Å². The first-order chi connectivity index (χ1) is 11.0. The molecule has 1 aromatic heterocycles. The van der Waals surface area contributed by atoms with E-state index in [-0.39, 0.29) is 11.0 Å². The summed E-state index contributed by atoms with van der Waals surface area (Å²) in [4.78, 5) is 12.3. The Morgan fingerprint density at radius 1 is 1.08 bits per heavy atom. The van der Waals surface area contributed by atoms with Crippen molar-refractivity contribution in [2.24, 2.45) is 7.05 Å². The quantitative estimate of drug-likeness (QED) is 0.791. The molecule has 0 aliphatic carbocycles. The third kappa shape index (κ3) is 3.39. The van der Waals surface area contributed by atoms with Crippen molar-refractivity contribution in [3.63, 3.8) is 0 Å². The molecular formula is C18H20N2O3S. The maximum absolute atomic E-state index is 12.3. The normalized spacial score (nSPS) is 11.8. The van der Waals surface area contributed by atoms with Crippen molar-refractivity contribution in [2.75, 3.05) is 11.0 Å². The van der Waals surface area contributed by atoms with Crippen LogP contribution >= 0.6 is 0 Å². The summed E-state index contributed by atoms with van der Waals surface area (Å²) in [5.74, 6) is 0. The van der Waals surface area contributed by atoms with Gasteiger partial charge in [-0.15, -0.1) is 0 Å². The summed E-state index contributed by atoms with van der Waals surface area (Å²) in [5.41, 5.74) is 3.85. The van der Waals surface area contributed by atoms with Crippen molar-refractivity contribution < 1.29 is 9.69 Å². The summed E-state index contributed by atoms with van der Waals surface area (Å²) >= 11 is 0. The van der Waals surface area contributed by atoms with Crippen molar-refractivity contribution in [3.05, 3.63) is 64.6 Å². The van der Waals surface area contributed by atoms with E-state index in [9.17, 15) is 9.00 Å². The Morgan fingerprint density at radius 3 is 2.54 bits per heavy atom. The molecule has 3 rings (SSSR count). The summed E-state index contributed by atoms with van der Waals surface area (Å²) < 4.78 is 15.9. The molecule has 1 unspecified atom stereocenters. The van der Waals surface area contributed by atoms with Crippen LogP contribution in [0.25, 0.3) is 21.9 Å². The first-order valence-corrected chi connectivity index (χ1v) is 8.82. The molecule has 1 heterocycles. The standard InChI is InChI=1S/C18H18N2O2S.H2O/c1-12-7-8-15-16(9-12)17(11-20(2)18(15)21)13-5-4-6-14(10-13)19-23(3)22;/h4-11,19H,1-3H3;1H2. The molecule has 0 spiro atoms. The van der Waals surface area contributed by atoms with Gasteiger partial charge in [-0.25, -0.2) is 4.21 Å². The van der Waals surface area contributed by atoms with E-state index in [0.717, 1.165) is 27.8 Å². The molecule has 0 aliphatic rings. The number of rotatable bonds is 3. The summed E-state index contributed by atoms with van der Waals surface area (Å²) in [5, 5.41) is 1.64. The smallest absolute Gasteiger partial charge is 0.258 e. The molecule has 5 nitrogen and oxygen atoms in total. The summed E-state index contributed by atoms with van der Waals surface area (Å²) in [6.07, 6.45) is 3.45. The molecule has 0 saturated heterocycles. The number of fused-ring (bicyclic) bond motifs is 1. The van der Waals surface area contributed by atoms with Gasteiger partial charge >= 0.3 is 0 Å². The van der Waals surface area contributed by atoms with Gasteiger partial charge in [0.15, 0.2) is 0 Å². The monoisotopic (exact) mass is 344 g/mol. The van der Waals surface area contributed by atoms with Gasteiger partial charge in [0, 0.05) is 36.1 Å². The van der Waals surface area contributed by atoms with E-state index in [1.807, 2.05) is 55.6 Å². The van der Waals surface area contributed by atoms with Gasteiger partial charge in [0.25, 0.3) is 5.56 Å². The van der Waals surface area contributed by atoms with Gasteiger partial charge in [0.1, 0.15) is 11.0 Å². The van der Waals surface area contributed by atoms with Gasteiger partial charge in [-0.2, -0.15) is 0 Å². The molecule has 2 aromatic carbocycles. The van der Waals surface area contributed by atoms with Crippen molar-refractivity contribution in [1.29, 1.82) is 0 Å². The molecule has 126 valence electrons. The van der Waals surface area contributed by atoms with Gasteiger partial charge in [0.05, 0.1) is 0 Å². The second-order valence-corrected chi connectivity index (χ2v) is 6.76. The van der Waals surface area contributed by atoms with Crippen LogP contribution in [0.15, 0.2) is 53.5 Å². The average Bonchev–Trinajstić information content (AvgIpc) is 2.50. The van der Waals surface area contributed by atoms with Crippen LogP contribution in [0.5, 0.6) is 0 Å². The van der Waals surface area contributed by atoms with Crippen LogP contribution in [0.1, 0.15) is 5.56 Å². The number of nitrogens with zero attached hydrogens (tertiary/aromatic N) is 1. The highest BCUT2D eigenvalue weighted by Crippen LogP contribution is 2.29. The van der Waals surface area contributed by atoms with Gasteiger partial charge in [0.2, 0.25) is 0 Å². The Kier molecular flexibility index (Phi) is 5.21. The van der Waals surface area contributed by atoms with Crippen LogP contribution in [0.3, 0.4) is 0 Å². The Hall–Kier alpha value is -2.44. The highest BCUT2D eigenvalue weighted by molar-refractivity contribution is 7.85. The largest absolute Gasteiger partial charge is 0.412 e. The minimum atomic E-state index is -1.13. The maximum Gasteiger partial charge on any atom is 0.258 e. The Bertz CT molecular complexity index is 980. The molecule has 6 heteroatoms. The maximum atomic E-state index is 12.3. The van der Waals surface area contributed by atoms with Crippen LogP contribution in [0.2, 0.25) is 0 Å². The summed E-state index contributed by atoms with van der Waals surface area (Å²) in [6, 6.07) is 13.6. The van der Waals surface area contributed by atoms with Crippen LogP contribution in [0.4, 0.5) is 5.69 Å². The van der Waals surface area contributed by atoms with Gasteiger partial charge in [-0.1, -0.05) is 29.8 Å². The lowest BCUT2D eigenvalue weighted by atomic mass is 9.99. The fourth-order valence-corrected chi connectivity index (χ4v) is 3.18. The lowest BCUT2D eigenvalue weighted by molar-refractivity contribution is 0.690. The molecular weight excluding hydrogens is 324 g/mol. The highest BCUT2D eigenvalue weighted by Gasteiger charge is 2.10. The Morgan fingerprint density at radius 2 is 1.83 bits per heavy atom. The second-order valence-electron chi connectivity index (χ2n) is 5.64. The van der Waals surface area contributed by atoms with Crippen molar-refractivity contribution in [1.82, 2.24) is 4.57 Å². The number of aromatic nitrogens is 1. The number of hydrogen-bond acceptors (Lipinski definition) is 2. The third-order valence-electron chi connectivity index (χ3n) is 3.77. The van der Waals surface area contributed by atoms with Crippen LogP contribution in [0, 0.1) is 6.92 Å². The second kappa shape index (κ2) is 6.98. The molecule has 0 bridgehead atoms. The lowest BCUT2D eigenvalue weighted by Gasteiger charge is -2.12. The Balaban J connectivity index is 0.00000208. The number of benzene rings is 2. The minimum Gasteiger partial charge on any atom is -0.412 e. The molecule has 3 aromatic rings. The minimum absolute atomic E-state index is 0. The zero-order valence-corrected chi connectivity index (χ0v) is 14.6. The van der Waals surface area contributed by atoms with Crippen molar-refractivity contribution >= 4 is 27.4 Å². The van der Waals surface area contributed by atoms with Gasteiger partial charge in [-0.05, 0) is 36.1 Å². The zero-order chi connectivity index (χ0) is 16.6. The number of hydrogen-bond donors (Lipinski definition) is 1. The first-order valence-electron chi connectivity index (χ1n) is 7.26. The van der Waals surface area contributed by atoms with Crippen molar-refractivity contribution in [2.45, 2.75) is 6.92 Å². The van der Waals surface area contributed by atoms with E-state index < -0.39 is 11.0 Å². The fraction of sp³-hybridized carbons (Fsp3) is 0.167. The van der Waals surface area contributed by atoms with Gasteiger partial charge in [-0.3, -0.25) is 4.79 Å². The van der Waals surface area contributed by atoms with E-state index >= 15 is 0 Å². The predicted molar refractivity (Wildman–Crippen MR) is 101 cm³/mol. The molecule has 0 radical (unpaired) electrons. The third-order valence-corrected chi connectivity index (χ3v) is 4.30.